The van der Waals surface area contributed by atoms with Gasteiger partial charge in [0.15, 0.2) is 0 Å². The third kappa shape index (κ3) is 9.56. The van der Waals surface area contributed by atoms with Crippen molar-refractivity contribution in [3.05, 3.63) is 63.8 Å². The second-order valence-corrected chi connectivity index (χ2v) is 8.49. The smallest absolute Gasteiger partial charge is 0.246 e. The van der Waals surface area contributed by atoms with Crippen LogP contribution < -0.4 is 0 Å². The molecule has 3 nitrogen and oxygen atoms in total. The van der Waals surface area contributed by atoms with Gasteiger partial charge >= 0.3 is 0 Å². The zero-order chi connectivity index (χ0) is 21.4. The lowest BCUT2D eigenvalue weighted by molar-refractivity contribution is -0.426. The normalized spacial score (nSPS) is 11.8. The van der Waals surface area contributed by atoms with E-state index in [2.05, 4.69) is 13.0 Å². The van der Waals surface area contributed by atoms with Gasteiger partial charge in [-0.05, 0) is 28.8 Å². The third-order valence-corrected chi connectivity index (χ3v) is 5.88. The topological polar surface area (TPSA) is 43.1 Å². The molecule has 0 saturated carbocycles. The summed E-state index contributed by atoms with van der Waals surface area (Å²) < 4.78 is 0. The molecule has 3 heteroatoms. The number of nitrogens with zero attached hydrogens (tertiary/aromatic N) is 1. The van der Waals surface area contributed by atoms with Crippen molar-refractivity contribution in [3.63, 3.8) is 0 Å². The molecule has 0 radical (unpaired) electrons. The first-order valence-corrected chi connectivity index (χ1v) is 12.0. The van der Waals surface area contributed by atoms with Gasteiger partial charge in [-0.2, -0.15) is 0 Å². The lowest BCUT2D eigenvalue weighted by Crippen LogP contribution is -1.99. The molecule has 0 fully saturated rings. The number of benzene rings is 2. The van der Waals surface area contributed by atoms with Crippen molar-refractivity contribution >= 4 is 16.8 Å². The zero-order valence-corrected chi connectivity index (χ0v) is 18.8. The van der Waals surface area contributed by atoms with Gasteiger partial charge in [0.25, 0.3) is 0 Å². The van der Waals surface area contributed by atoms with E-state index in [1.165, 1.54) is 70.6 Å². The summed E-state index contributed by atoms with van der Waals surface area (Å²) in [5.41, 5.74) is 1.24. The number of nitro groups is 1. The van der Waals surface area contributed by atoms with E-state index in [4.69, 9.17) is 0 Å². The molecule has 2 aromatic carbocycles. The summed E-state index contributed by atoms with van der Waals surface area (Å²) in [6.45, 7) is 2.26. The van der Waals surface area contributed by atoms with Crippen LogP contribution in [0.3, 0.4) is 0 Å². The first kappa shape index (κ1) is 24.1. The Morgan fingerprint density at radius 3 is 1.87 bits per heavy atom. The Balaban J connectivity index is 1.61. The minimum Gasteiger partial charge on any atom is -0.259 e. The first-order valence-electron chi connectivity index (χ1n) is 12.0. The van der Waals surface area contributed by atoms with Crippen LogP contribution in [0.5, 0.6) is 0 Å². The van der Waals surface area contributed by atoms with Crippen molar-refractivity contribution in [2.45, 2.75) is 96.8 Å². The van der Waals surface area contributed by atoms with Crippen LogP contribution in [0, 0.1) is 10.1 Å². The van der Waals surface area contributed by atoms with Gasteiger partial charge in [-0.1, -0.05) is 120 Å². The van der Waals surface area contributed by atoms with Crippen molar-refractivity contribution in [1.29, 1.82) is 0 Å². The molecule has 164 valence electrons. The van der Waals surface area contributed by atoms with E-state index in [0.717, 1.165) is 29.2 Å². The van der Waals surface area contributed by atoms with E-state index in [1.807, 2.05) is 36.4 Å². The van der Waals surface area contributed by atoms with Crippen LogP contribution >= 0.6 is 0 Å². The number of rotatable bonds is 16. The highest BCUT2D eigenvalue weighted by atomic mass is 16.6. The quantitative estimate of drug-likeness (QED) is 0.158. The maximum Gasteiger partial charge on any atom is 0.246 e. The highest BCUT2D eigenvalue weighted by Crippen LogP contribution is 2.20. The summed E-state index contributed by atoms with van der Waals surface area (Å²) in [7, 11) is 0. The molecule has 0 aromatic heterocycles. The Morgan fingerprint density at radius 2 is 1.30 bits per heavy atom. The van der Waals surface area contributed by atoms with Crippen molar-refractivity contribution in [2.75, 3.05) is 0 Å². The van der Waals surface area contributed by atoms with Crippen LogP contribution in [-0.2, 0) is 0 Å². The average Bonchev–Trinajstić information content (AvgIpc) is 2.76. The van der Waals surface area contributed by atoms with E-state index in [1.54, 1.807) is 6.08 Å². The third-order valence-electron chi connectivity index (χ3n) is 5.88. The van der Waals surface area contributed by atoms with Gasteiger partial charge in [0.05, 0.1) is 4.92 Å². The van der Waals surface area contributed by atoms with Crippen LogP contribution in [0.2, 0.25) is 0 Å². The molecule has 0 saturated heterocycles. The molecular formula is C27H39NO2. The molecule has 0 unspecified atom stereocenters. The first-order chi connectivity index (χ1) is 14.7. The lowest BCUT2D eigenvalue weighted by Gasteiger charge is -2.03. The van der Waals surface area contributed by atoms with E-state index < -0.39 is 0 Å². The van der Waals surface area contributed by atoms with E-state index >= 15 is 0 Å². The van der Waals surface area contributed by atoms with Crippen molar-refractivity contribution in [3.8, 4) is 0 Å². The summed E-state index contributed by atoms with van der Waals surface area (Å²) in [6, 6.07) is 14.1. The van der Waals surface area contributed by atoms with E-state index in [9.17, 15) is 10.1 Å². The summed E-state index contributed by atoms with van der Waals surface area (Å²) in [5.74, 6) is 0. The molecule has 0 atom stereocenters. The van der Waals surface area contributed by atoms with E-state index in [-0.39, 0.29) is 4.92 Å². The van der Waals surface area contributed by atoms with Gasteiger partial charge in [0.1, 0.15) is 0 Å². The predicted octanol–water partition coefficient (Wildman–Crippen LogP) is 8.94. The van der Waals surface area contributed by atoms with Gasteiger partial charge in [0.2, 0.25) is 5.70 Å². The molecule has 0 bridgehead atoms. The Labute approximate surface area is 182 Å². The second-order valence-electron chi connectivity index (χ2n) is 8.49. The molecule has 0 N–H and O–H groups in total. The summed E-state index contributed by atoms with van der Waals surface area (Å²) in [5, 5.41) is 13.7. The minimum atomic E-state index is -0.213. The fraction of sp³-hybridized carbons (Fsp3) is 0.556. The van der Waals surface area contributed by atoms with Gasteiger partial charge in [-0.15, -0.1) is 0 Å². The number of hydrogen-bond acceptors (Lipinski definition) is 2. The maximum absolute atomic E-state index is 11.5. The molecule has 2 rings (SSSR count). The molecule has 0 spiro atoms. The Bertz CT molecular complexity index is 781. The number of allylic oxidation sites excluding steroid dienone is 1. The molecule has 0 aliphatic heterocycles. The van der Waals surface area contributed by atoms with E-state index in [0.29, 0.717) is 12.1 Å². The van der Waals surface area contributed by atoms with Gasteiger partial charge in [0, 0.05) is 12.5 Å². The highest BCUT2D eigenvalue weighted by Gasteiger charge is 2.10. The summed E-state index contributed by atoms with van der Waals surface area (Å²) >= 11 is 0. The molecule has 30 heavy (non-hydrogen) atoms. The fourth-order valence-corrected chi connectivity index (χ4v) is 4.03. The monoisotopic (exact) mass is 409 g/mol. The Morgan fingerprint density at radius 1 is 0.767 bits per heavy atom. The van der Waals surface area contributed by atoms with Gasteiger partial charge in [-0.3, -0.25) is 10.1 Å². The average molecular weight is 410 g/mol. The molecule has 0 aliphatic rings. The molecule has 2 aromatic rings. The predicted molar refractivity (Wildman–Crippen MR) is 129 cm³/mol. The number of hydrogen-bond donors (Lipinski definition) is 0. The van der Waals surface area contributed by atoms with Gasteiger partial charge in [-0.25, -0.2) is 0 Å². The van der Waals surface area contributed by atoms with Crippen LogP contribution in [0.15, 0.2) is 48.2 Å². The van der Waals surface area contributed by atoms with Crippen LogP contribution in [0.25, 0.3) is 16.8 Å². The SMILES string of the molecule is CCCCCCCCCCCCCCCC(=Cc1ccc2ccccc2c1)[N+](=O)[O-]. The lowest BCUT2D eigenvalue weighted by atomic mass is 10.0. The number of fused-ring (bicyclic) bond motifs is 1. The zero-order valence-electron chi connectivity index (χ0n) is 18.8. The van der Waals surface area contributed by atoms with Crippen molar-refractivity contribution in [2.24, 2.45) is 0 Å². The minimum absolute atomic E-state index is 0.213. The summed E-state index contributed by atoms with van der Waals surface area (Å²) in [4.78, 5) is 11.2. The number of unbranched alkanes of at least 4 members (excludes halogenated alkanes) is 12. The molecule has 0 amide bonds. The second kappa shape index (κ2) is 14.8. The van der Waals surface area contributed by atoms with Crippen LogP contribution in [-0.4, -0.2) is 4.92 Å². The van der Waals surface area contributed by atoms with Crippen molar-refractivity contribution < 1.29 is 4.92 Å². The van der Waals surface area contributed by atoms with Crippen LogP contribution in [0.1, 0.15) is 102 Å². The fourth-order valence-electron chi connectivity index (χ4n) is 4.03. The molecule has 0 aliphatic carbocycles. The maximum atomic E-state index is 11.5. The van der Waals surface area contributed by atoms with Crippen molar-refractivity contribution in [1.82, 2.24) is 0 Å². The summed E-state index contributed by atoms with van der Waals surface area (Å²) in [6.07, 6.45) is 19.0. The Hall–Kier alpha value is -2.16. The van der Waals surface area contributed by atoms with Gasteiger partial charge < -0.3 is 0 Å². The van der Waals surface area contributed by atoms with Crippen LogP contribution in [0.4, 0.5) is 0 Å². The molecular weight excluding hydrogens is 370 g/mol. The standard InChI is InChI=1S/C27H39NO2/c1-2-3-4-5-6-7-8-9-10-11-12-13-14-19-27(28(29)30)23-24-20-21-25-17-15-16-18-26(25)22-24/h15-18,20-23H,2-14,19H2,1H3. The Kier molecular flexibility index (Phi) is 11.9. The largest absolute Gasteiger partial charge is 0.259 e. The molecule has 0 heterocycles. The highest BCUT2D eigenvalue weighted by molar-refractivity contribution is 5.84.